The van der Waals surface area contributed by atoms with E-state index in [1.165, 1.54) is 11.3 Å². The third kappa shape index (κ3) is 3.88. The first kappa shape index (κ1) is 17.7. The van der Waals surface area contributed by atoms with Gasteiger partial charge in [-0.25, -0.2) is 9.80 Å². The van der Waals surface area contributed by atoms with Gasteiger partial charge in [0.1, 0.15) is 19.5 Å². The van der Waals surface area contributed by atoms with E-state index in [2.05, 4.69) is 5.10 Å². The number of rotatable bonds is 5. The van der Waals surface area contributed by atoms with E-state index < -0.39 is 12.6 Å². The Kier molecular flexibility index (Phi) is 5.21. The molecule has 0 saturated heterocycles. The summed E-state index contributed by atoms with van der Waals surface area (Å²) in [5.41, 5.74) is 0.856. The van der Waals surface area contributed by atoms with Gasteiger partial charge in [0, 0.05) is 11.3 Å². The summed E-state index contributed by atoms with van der Waals surface area (Å²) < 4.78 is 15.3. The standard InChI is InChI=1S/C18H16N2O5S2/c21-17(11-25-18(22)14-10-23-5-6-24-14)20-13(16-4-2-8-27-16)9-12(19-20)15-3-1-7-26-15/h1-4,7-8,10,13H,5-6,9,11H2/t13-/m0/s1. The Hall–Kier alpha value is -2.65. The summed E-state index contributed by atoms with van der Waals surface area (Å²) in [5, 5.41) is 9.87. The summed E-state index contributed by atoms with van der Waals surface area (Å²) >= 11 is 3.15. The van der Waals surface area contributed by atoms with E-state index in [0.29, 0.717) is 13.0 Å². The number of carbonyl (C=O) groups excluding carboxylic acids is 2. The zero-order valence-corrected chi connectivity index (χ0v) is 15.8. The second-order valence-electron chi connectivity index (χ2n) is 5.78. The first-order valence-corrected chi connectivity index (χ1v) is 10.1. The molecule has 0 aliphatic carbocycles. The number of esters is 1. The molecule has 2 aromatic heterocycles. The molecule has 1 atom stereocenters. The summed E-state index contributed by atoms with van der Waals surface area (Å²) in [6.07, 6.45) is 1.83. The predicted octanol–water partition coefficient (Wildman–Crippen LogP) is 2.92. The average molecular weight is 404 g/mol. The number of ether oxygens (including phenoxy) is 3. The highest BCUT2D eigenvalue weighted by atomic mass is 32.1. The topological polar surface area (TPSA) is 77.4 Å². The van der Waals surface area contributed by atoms with Gasteiger partial charge in [-0.05, 0) is 22.9 Å². The van der Waals surface area contributed by atoms with Crippen molar-refractivity contribution in [3.63, 3.8) is 0 Å². The minimum absolute atomic E-state index is 0.0342. The van der Waals surface area contributed by atoms with Gasteiger partial charge < -0.3 is 14.2 Å². The van der Waals surface area contributed by atoms with Crippen molar-refractivity contribution < 1.29 is 23.8 Å². The van der Waals surface area contributed by atoms with Gasteiger partial charge in [-0.3, -0.25) is 4.79 Å². The highest BCUT2D eigenvalue weighted by molar-refractivity contribution is 7.12. The van der Waals surface area contributed by atoms with Crippen LogP contribution in [0.4, 0.5) is 0 Å². The Morgan fingerprint density at radius 1 is 1.22 bits per heavy atom. The van der Waals surface area contributed by atoms with Crippen LogP contribution in [0.5, 0.6) is 0 Å². The van der Waals surface area contributed by atoms with Crippen molar-refractivity contribution in [1.82, 2.24) is 5.01 Å². The molecular weight excluding hydrogens is 388 g/mol. The molecule has 4 heterocycles. The first-order valence-electron chi connectivity index (χ1n) is 8.31. The molecular formula is C18H16N2O5S2. The van der Waals surface area contributed by atoms with Gasteiger partial charge in [0.25, 0.3) is 5.91 Å². The molecule has 0 saturated carbocycles. The maximum atomic E-state index is 12.7. The van der Waals surface area contributed by atoms with Crippen molar-refractivity contribution in [2.75, 3.05) is 19.8 Å². The molecule has 7 nitrogen and oxygen atoms in total. The lowest BCUT2D eigenvalue weighted by Crippen LogP contribution is -2.31. The van der Waals surface area contributed by atoms with Crippen LogP contribution in [0.25, 0.3) is 0 Å². The predicted molar refractivity (Wildman–Crippen MR) is 100 cm³/mol. The number of hydrogen-bond donors (Lipinski definition) is 0. The van der Waals surface area contributed by atoms with Crippen molar-refractivity contribution in [3.05, 3.63) is 56.8 Å². The molecule has 0 fully saturated rings. The smallest absolute Gasteiger partial charge is 0.377 e. The van der Waals surface area contributed by atoms with E-state index in [9.17, 15) is 9.59 Å². The normalized spacial score (nSPS) is 19.0. The fourth-order valence-electron chi connectivity index (χ4n) is 2.77. The molecule has 0 N–H and O–H groups in total. The molecule has 1 amide bonds. The fraction of sp³-hybridized carbons (Fsp3) is 0.278. The second-order valence-corrected chi connectivity index (χ2v) is 7.70. The van der Waals surface area contributed by atoms with E-state index in [4.69, 9.17) is 14.2 Å². The van der Waals surface area contributed by atoms with Crippen LogP contribution < -0.4 is 0 Å². The van der Waals surface area contributed by atoms with Crippen LogP contribution in [0, 0.1) is 0 Å². The van der Waals surface area contributed by atoms with E-state index in [1.807, 2.05) is 35.0 Å². The number of hydrogen-bond acceptors (Lipinski definition) is 8. The molecule has 27 heavy (non-hydrogen) atoms. The molecule has 0 radical (unpaired) electrons. The Bertz CT molecular complexity index is 874. The van der Waals surface area contributed by atoms with Gasteiger partial charge in [-0.15, -0.1) is 22.7 Å². The summed E-state index contributed by atoms with van der Waals surface area (Å²) in [7, 11) is 0. The van der Waals surface area contributed by atoms with Gasteiger partial charge in [0.15, 0.2) is 6.61 Å². The van der Waals surface area contributed by atoms with Crippen LogP contribution in [-0.2, 0) is 23.8 Å². The lowest BCUT2D eigenvalue weighted by atomic mass is 10.1. The summed E-state index contributed by atoms with van der Waals surface area (Å²) in [5.74, 6) is -1.14. The van der Waals surface area contributed by atoms with Crippen LogP contribution >= 0.6 is 22.7 Å². The summed E-state index contributed by atoms with van der Waals surface area (Å²) in [4.78, 5) is 26.8. The Labute approximate surface area is 163 Å². The molecule has 4 rings (SSSR count). The molecule has 0 spiro atoms. The minimum Gasteiger partial charge on any atom is -0.493 e. The van der Waals surface area contributed by atoms with Crippen molar-refractivity contribution in [2.45, 2.75) is 12.5 Å². The molecule has 9 heteroatoms. The highest BCUT2D eigenvalue weighted by Crippen LogP contribution is 2.35. The van der Waals surface area contributed by atoms with E-state index in [0.717, 1.165) is 15.5 Å². The van der Waals surface area contributed by atoms with Crippen LogP contribution in [0.15, 0.2) is 52.1 Å². The van der Waals surface area contributed by atoms with Crippen molar-refractivity contribution in [3.8, 4) is 0 Å². The van der Waals surface area contributed by atoms with E-state index >= 15 is 0 Å². The molecule has 2 aromatic rings. The zero-order chi connectivity index (χ0) is 18.6. The van der Waals surface area contributed by atoms with Crippen LogP contribution in [-0.4, -0.2) is 42.4 Å². The molecule has 0 aromatic carbocycles. The van der Waals surface area contributed by atoms with Crippen molar-refractivity contribution in [1.29, 1.82) is 0 Å². The highest BCUT2D eigenvalue weighted by Gasteiger charge is 2.34. The monoisotopic (exact) mass is 404 g/mol. The van der Waals surface area contributed by atoms with Gasteiger partial charge in [-0.1, -0.05) is 12.1 Å². The Morgan fingerprint density at radius 3 is 2.78 bits per heavy atom. The lowest BCUT2D eigenvalue weighted by molar-refractivity contribution is -0.153. The van der Waals surface area contributed by atoms with Gasteiger partial charge in [-0.2, -0.15) is 5.10 Å². The van der Waals surface area contributed by atoms with E-state index in [-0.39, 0.29) is 24.3 Å². The summed E-state index contributed by atoms with van der Waals surface area (Å²) in [6.45, 7) is 0.241. The van der Waals surface area contributed by atoms with Crippen molar-refractivity contribution in [2.24, 2.45) is 5.10 Å². The third-order valence-corrected chi connectivity index (χ3v) is 5.91. The SMILES string of the molecule is O=C(OCC(=O)N1N=C(c2cccs2)C[C@H]1c1cccs1)C1=COCCO1. The molecule has 0 bridgehead atoms. The van der Waals surface area contributed by atoms with Gasteiger partial charge in [0.2, 0.25) is 5.76 Å². The number of hydrazone groups is 1. The van der Waals surface area contributed by atoms with Crippen molar-refractivity contribution >= 4 is 40.3 Å². The second kappa shape index (κ2) is 7.93. The number of amides is 1. The Morgan fingerprint density at radius 2 is 2.07 bits per heavy atom. The number of thiophene rings is 2. The average Bonchev–Trinajstić information content (AvgIpc) is 3.46. The third-order valence-electron chi connectivity index (χ3n) is 4.02. The maximum Gasteiger partial charge on any atom is 0.377 e. The van der Waals surface area contributed by atoms with Gasteiger partial charge >= 0.3 is 5.97 Å². The molecule has 0 unspecified atom stereocenters. The molecule has 2 aliphatic heterocycles. The van der Waals surface area contributed by atoms with Crippen LogP contribution in [0.1, 0.15) is 22.2 Å². The molecule has 2 aliphatic rings. The molecule has 140 valence electrons. The quantitative estimate of drug-likeness (QED) is 0.716. The zero-order valence-electron chi connectivity index (χ0n) is 14.2. The number of nitrogens with zero attached hydrogens (tertiary/aromatic N) is 2. The van der Waals surface area contributed by atoms with Crippen LogP contribution in [0.3, 0.4) is 0 Å². The lowest BCUT2D eigenvalue weighted by Gasteiger charge is -2.20. The van der Waals surface area contributed by atoms with Crippen LogP contribution in [0.2, 0.25) is 0 Å². The summed E-state index contributed by atoms with van der Waals surface area (Å²) in [6, 6.07) is 7.66. The van der Waals surface area contributed by atoms with Gasteiger partial charge in [0.05, 0.1) is 16.6 Å². The Balaban J connectivity index is 1.47. The fourth-order valence-corrected chi connectivity index (χ4v) is 4.31. The van der Waals surface area contributed by atoms with E-state index in [1.54, 1.807) is 22.7 Å². The maximum absolute atomic E-state index is 12.7. The minimum atomic E-state index is -0.725. The first-order chi connectivity index (χ1) is 13.2. The largest absolute Gasteiger partial charge is 0.493 e. The number of carbonyl (C=O) groups is 2.